The van der Waals surface area contributed by atoms with Crippen molar-refractivity contribution in [2.45, 2.75) is 4.90 Å². The van der Waals surface area contributed by atoms with E-state index in [1.54, 1.807) is 12.1 Å². The third-order valence-corrected chi connectivity index (χ3v) is 6.64. The predicted octanol–water partition coefficient (Wildman–Crippen LogP) is 3.29. The van der Waals surface area contributed by atoms with E-state index in [4.69, 9.17) is 9.47 Å². The summed E-state index contributed by atoms with van der Waals surface area (Å²) in [6, 6.07) is 14.4. The van der Waals surface area contributed by atoms with E-state index in [0.29, 0.717) is 19.0 Å². The van der Waals surface area contributed by atoms with Crippen LogP contribution in [0.25, 0.3) is 0 Å². The van der Waals surface area contributed by atoms with E-state index >= 15 is 0 Å². The minimum absolute atomic E-state index is 0.00202. The molecule has 0 atom stereocenters. The van der Waals surface area contributed by atoms with Crippen LogP contribution in [-0.4, -0.2) is 49.9 Å². The second-order valence-corrected chi connectivity index (χ2v) is 8.84. The highest BCUT2D eigenvalue weighted by atomic mass is 32.2. The number of nitrogens with one attached hydrogen (secondary N) is 1. The molecule has 10 heteroatoms. The Morgan fingerprint density at radius 3 is 2.50 bits per heavy atom. The monoisotopic (exact) mass is 457 g/mol. The van der Waals surface area contributed by atoms with Gasteiger partial charge in [-0.3, -0.25) is 9.78 Å². The fraction of sp³-hybridized carbons (Fsp3) is 0.182. The SMILES string of the molecule is O=C(Nc1cc(S(=O)(=O)N2CCOCC2)ccc1Oc1ccc(F)cc1)c1ccccn1. The number of pyridine rings is 1. The van der Waals surface area contributed by atoms with E-state index in [1.165, 1.54) is 59.0 Å². The molecular weight excluding hydrogens is 437 g/mol. The molecule has 0 saturated carbocycles. The lowest BCUT2D eigenvalue weighted by Gasteiger charge is -2.26. The Bertz CT molecular complexity index is 1200. The summed E-state index contributed by atoms with van der Waals surface area (Å²) in [4.78, 5) is 16.7. The number of halogens is 1. The Labute approximate surface area is 184 Å². The van der Waals surface area contributed by atoms with Gasteiger partial charge in [-0.2, -0.15) is 4.31 Å². The molecule has 1 aliphatic rings. The molecule has 166 valence electrons. The van der Waals surface area contributed by atoms with E-state index in [0.717, 1.165) is 0 Å². The van der Waals surface area contributed by atoms with E-state index < -0.39 is 21.7 Å². The number of hydrogen-bond donors (Lipinski definition) is 1. The maximum Gasteiger partial charge on any atom is 0.274 e. The second kappa shape index (κ2) is 9.43. The molecule has 32 heavy (non-hydrogen) atoms. The van der Waals surface area contributed by atoms with E-state index in [-0.39, 0.29) is 35.1 Å². The van der Waals surface area contributed by atoms with Crippen LogP contribution in [0.3, 0.4) is 0 Å². The Morgan fingerprint density at radius 2 is 1.81 bits per heavy atom. The Hall–Kier alpha value is -3.34. The first-order valence-corrected chi connectivity index (χ1v) is 11.3. The van der Waals surface area contributed by atoms with Crippen molar-refractivity contribution in [2.75, 3.05) is 31.6 Å². The number of ether oxygens (including phenoxy) is 2. The quantitative estimate of drug-likeness (QED) is 0.610. The summed E-state index contributed by atoms with van der Waals surface area (Å²) in [7, 11) is -3.80. The maximum atomic E-state index is 13.2. The number of carbonyl (C=O) groups excluding carboxylic acids is 1. The molecule has 1 fully saturated rings. The van der Waals surface area contributed by atoms with Gasteiger partial charge in [-0.05, 0) is 54.6 Å². The highest BCUT2D eigenvalue weighted by Crippen LogP contribution is 2.33. The number of sulfonamides is 1. The number of rotatable bonds is 6. The first-order chi connectivity index (χ1) is 15.4. The van der Waals surface area contributed by atoms with Crippen molar-refractivity contribution in [1.82, 2.24) is 9.29 Å². The lowest BCUT2D eigenvalue weighted by atomic mass is 10.2. The van der Waals surface area contributed by atoms with Crippen molar-refractivity contribution < 1.29 is 27.1 Å². The van der Waals surface area contributed by atoms with Crippen molar-refractivity contribution in [1.29, 1.82) is 0 Å². The van der Waals surface area contributed by atoms with Crippen LogP contribution >= 0.6 is 0 Å². The summed E-state index contributed by atoms with van der Waals surface area (Å²) in [5, 5.41) is 2.67. The van der Waals surface area contributed by atoms with Gasteiger partial charge < -0.3 is 14.8 Å². The molecule has 2 heterocycles. The van der Waals surface area contributed by atoms with Crippen molar-refractivity contribution in [3.8, 4) is 11.5 Å². The molecule has 0 spiro atoms. The number of benzene rings is 2. The summed E-state index contributed by atoms with van der Waals surface area (Å²) < 4.78 is 51.7. The minimum Gasteiger partial charge on any atom is -0.455 e. The number of morpholine rings is 1. The Balaban J connectivity index is 1.69. The lowest BCUT2D eigenvalue weighted by molar-refractivity contribution is 0.0730. The van der Waals surface area contributed by atoms with Crippen molar-refractivity contribution in [3.63, 3.8) is 0 Å². The third-order valence-electron chi connectivity index (χ3n) is 4.75. The van der Waals surface area contributed by atoms with Crippen LogP contribution < -0.4 is 10.1 Å². The summed E-state index contributed by atoms with van der Waals surface area (Å²) in [5.74, 6) is -0.436. The minimum atomic E-state index is -3.80. The number of anilines is 1. The van der Waals surface area contributed by atoms with Crippen LogP contribution in [0.1, 0.15) is 10.5 Å². The van der Waals surface area contributed by atoms with Gasteiger partial charge in [-0.1, -0.05) is 6.07 Å². The molecule has 1 aromatic heterocycles. The number of carbonyl (C=O) groups is 1. The van der Waals surface area contributed by atoms with Crippen LogP contribution in [0, 0.1) is 5.82 Å². The number of hydrogen-bond acceptors (Lipinski definition) is 6. The van der Waals surface area contributed by atoms with Gasteiger partial charge in [0, 0.05) is 19.3 Å². The molecule has 1 N–H and O–H groups in total. The zero-order chi connectivity index (χ0) is 22.6. The van der Waals surface area contributed by atoms with Gasteiger partial charge in [-0.25, -0.2) is 12.8 Å². The van der Waals surface area contributed by atoms with Gasteiger partial charge in [0.05, 0.1) is 23.8 Å². The van der Waals surface area contributed by atoms with Crippen molar-refractivity contribution in [2.24, 2.45) is 0 Å². The number of aromatic nitrogens is 1. The average molecular weight is 457 g/mol. The first kappa shape index (κ1) is 21.9. The van der Waals surface area contributed by atoms with Gasteiger partial charge >= 0.3 is 0 Å². The van der Waals surface area contributed by atoms with E-state index in [9.17, 15) is 17.6 Å². The predicted molar refractivity (Wildman–Crippen MR) is 115 cm³/mol. The summed E-state index contributed by atoms with van der Waals surface area (Å²) in [6.07, 6.45) is 1.48. The highest BCUT2D eigenvalue weighted by Gasteiger charge is 2.27. The molecule has 8 nitrogen and oxygen atoms in total. The summed E-state index contributed by atoms with van der Waals surface area (Å²) >= 11 is 0. The molecule has 3 aromatic rings. The largest absolute Gasteiger partial charge is 0.455 e. The third kappa shape index (κ3) is 4.93. The summed E-state index contributed by atoms with van der Waals surface area (Å²) in [5.41, 5.74) is 0.293. The number of amides is 1. The Kier molecular flexibility index (Phi) is 6.45. The Morgan fingerprint density at radius 1 is 1.06 bits per heavy atom. The van der Waals surface area contributed by atoms with Crippen LogP contribution in [0.15, 0.2) is 71.8 Å². The van der Waals surface area contributed by atoms with Gasteiger partial charge in [-0.15, -0.1) is 0 Å². The second-order valence-electron chi connectivity index (χ2n) is 6.90. The average Bonchev–Trinajstić information content (AvgIpc) is 2.82. The molecule has 1 saturated heterocycles. The molecule has 0 aliphatic carbocycles. The molecule has 2 aromatic carbocycles. The lowest BCUT2D eigenvalue weighted by Crippen LogP contribution is -2.40. The molecule has 4 rings (SSSR count). The summed E-state index contributed by atoms with van der Waals surface area (Å²) in [6.45, 7) is 1.11. The van der Waals surface area contributed by atoms with E-state index in [2.05, 4.69) is 10.3 Å². The van der Waals surface area contributed by atoms with E-state index in [1.807, 2.05) is 0 Å². The standard InChI is InChI=1S/C22H20FN3O5S/c23-16-4-6-17(7-5-16)31-21-9-8-18(32(28,29)26-11-13-30-14-12-26)15-20(21)25-22(27)19-3-1-2-10-24-19/h1-10,15H,11-14H2,(H,25,27). The van der Waals surface area contributed by atoms with Gasteiger partial charge in [0.15, 0.2) is 5.75 Å². The molecule has 0 unspecified atom stereocenters. The molecule has 1 amide bonds. The fourth-order valence-electron chi connectivity index (χ4n) is 3.11. The normalized spacial score (nSPS) is 14.7. The van der Waals surface area contributed by atoms with Crippen LogP contribution in [-0.2, 0) is 14.8 Å². The molecule has 0 bridgehead atoms. The van der Waals surface area contributed by atoms with Gasteiger partial charge in [0.2, 0.25) is 10.0 Å². The van der Waals surface area contributed by atoms with Gasteiger partial charge in [0.25, 0.3) is 5.91 Å². The van der Waals surface area contributed by atoms with Crippen LogP contribution in [0.4, 0.5) is 10.1 Å². The zero-order valence-corrected chi connectivity index (χ0v) is 17.7. The van der Waals surface area contributed by atoms with Crippen LogP contribution in [0.5, 0.6) is 11.5 Å². The smallest absolute Gasteiger partial charge is 0.274 e. The van der Waals surface area contributed by atoms with Gasteiger partial charge in [0.1, 0.15) is 17.3 Å². The van der Waals surface area contributed by atoms with Crippen molar-refractivity contribution in [3.05, 3.63) is 78.4 Å². The zero-order valence-electron chi connectivity index (χ0n) is 16.9. The number of nitrogens with zero attached hydrogens (tertiary/aromatic N) is 2. The fourth-order valence-corrected chi connectivity index (χ4v) is 4.54. The highest BCUT2D eigenvalue weighted by molar-refractivity contribution is 7.89. The topological polar surface area (TPSA) is 97.8 Å². The molecule has 0 radical (unpaired) electrons. The molecule has 1 aliphatic heterocycles. The van der Waals surface area contributed by atoms with Crippen molar-refractivity contribution >= 4 is 21.6 Å². The maximum absolute atomic E-state index is 13.2. The first-order valence-electron chi connectivity index (χ1n) is 9.81. The molecular formula is C22H20FN3O5S. The van der Waals surface area contributed by atoms with Crippen LogP contribution in [0.2, 0.25) is 0 Å².